The van der Waals surface area contributed by atoms with Gasteiger partial charge in [0.15, 0.2) is 0 Å². The van der Waals surface area contributed by atoms with Gasteiger partial charge in [0.05, 0.1) is 31.6 Å². The summed E-state index contributed by atoms with van der Waals surface area (Å²) < 4.78 is 9.96. The molecule has 3 rings (SSSR count). The molecule has 0 fully saturated rings. The summed E-state index contributed by atoms with van der Waals surface area (Å²) in [4.78, 5) is 26.6. The Morgan fingerprint density at radius 2 is 1.88 bits per heavy atom. The number of esters is 1. The first kappa shape index (κ1) is 18.5. The van der Waals surface area contributed by atoms with Crippen LogP contribution < -0.4 is 10.1 Å². The second kappa shape index (κ2) is 8.36. The zero-order valence-corrected chi connectivity index (χ0v) is 15.9. The number of aryl methyl sites for hydroxylation is 2. The number of hydrogen-bond acceptors (Lipinski definition) is 5. The Morgan fingerprint density at radius 3 is 2.54 bits per heavy atom. The molecule has 1 unspecified atom stereocenters. The fourth-order valence-electron chi connectivity index (χ4n) is 3.17. The molecule has 0 spiro atoms. The second-order valence-corrected chi connectivity index (χ2v) is 7.48. The quantitative estimate of drug-likeness (QED) is 0.785. The van der Waals surface area contributed by atoms with Crippen molar-refractivity contribution in [1.82, 2.24) is 5.32 Å². The third-order valence-electron chi connectivity index (χ3n) is 4.64. The third-order valence-corrected chi connectivity index (χ3v) is 5.88. The molecule has 6 heteroatoms. The Morgan fingerprint density at radius 1 is 1.15 bits per heavy atom. The lowest BCUT2D eigenvalue weighted by molar-refractivity contribution is -0.141. The minimum absolute atomic E-state index is 0.0830. The summed E-state index contributed by atoms with van der Waals surface area (Å²) in [6.45, 7) is 0. The minimum Gasteiger partial charge on any atom is -0.497 e. The van der Waals surface area contributed by atoms with Gasteiger partial charge >= 0.3 is 5.97 Å². The number of thiophene rings is 1. The molecule has 0 aliphatic heterocycles. The van der Waals surface area contributed by atoms with Crippen molar-refractivity contribution in [2.45, 2.75) is 38.1 Å². The summed E-state index contributed by atoms with van der Waals surface area (Å²) in [5, 5.41) is 2.99. The molecule has 0 bridgehead atoms. The third kappa shape index (κ3) is 4.25. The van der Waals surface area contributed by atoms with Crippen molar-refractivity contribution in [2.75, 3.05) is 14.2 Å². The van der Waals surface area contributed by atoms with E-state index in [1.54, 1.807) is 18.4 Å². The van der Waals surface area contributed by atoms with Crippen LogP contribution in [0, 0.1) is 0 Å². The van der Waals surface area contributed by atoms with E-state index in [4.69, 9.17) is 9.47 Å². The Hall–Kier alpha value is -2.34. The van der Waals surface area contributed by atoms with E-state index < -0.39 is 6.04 Å². The molecule has 0 saturated carbocycles. The monoisotopic (exact) mass is 373 g/mol. The Bertz CT molecular complexity index is 758. The van der Waals surface area contributed by atoms with Crippen LogP contribution in [0.5, 0.6) is 5.75 Å². The van der Waals surface area contributed by atoms with Gasteiger partial charge in [-0.05, 0) is 55.0 Å². The van der Waals surface area contributed by atoms with Crippen molar-refractivity contribution >= 4 is 23.2 Å². The maximum atomic E-state index is 12.8. The molecule has 1 aliphatic rings. The highest BCUT2D eigenvalue weighted by atomic mass is 32.1. The highest BCUT2D eigenvalue weighted by Crippen LogP contribution is 2.30. The standard InChI is InChI=1S/C20H23NO4S/c1-24-15-9-7-13(8-10-15)16(12-19(22)25-2)21-20(23)18-11-14-5-3-4-6-17(14)26-18/h7-11,16H,3-6,12H2,1-2H3,(H,21,23). The number of rotatable bonds is 6. The molecule has 1 N–H and O–H groups in total. The first-order valence-corrected chi connectivity index (χ1v) is 9.55. The molecule has 1 heterocycles. The van der Waals surface area contributed by atoms with Gasteiger partial charge in [-0.3, -0.25) is 9.59 Å². The van der Waals surface area contributed by atoms with Crippen LogP contribution in [-0.4, -0.2) is 26.1 Å². The first-order valence-electron chi connectivity index (χ1n) is 8.74. The topological polar surface area (TPSA) is 64.6 Å². The lowest BCUT2D eigenvalue weighted by atomic mass is 9.99. The number of nitrogens with one attached hydrogen (secondary N) is 1. The predicted molar refractivity (Wildman–Crippen MR) is 101 cm³/mol. The molecule has 1 atom stereocenters. The highest BCUT2D eigenvalue weighted by Gasteiger charge is 2.22. The van der Waals surface area contributed by atoms with E-state index in [9.17, 15) is 9.59 Å². The lowest BCUT2D eigenvalue weighted by Gasteiger charge is -2.18. The highest BCUT2D eigenvalue weighted by molar-refractivity contribution is 7.14. The zero-order chi connectivity index (χ0) is 18.5. The first-order chi connectivity index (χ1) is 12.6. The van der Waals surface area contributed by atoms with E-state index in [0.717, 1.165) is 24.2 Å². The van der Waals surface area contributed by atoms with Crippen molar-refractivity contribution in [3.05, 3.63) is 51.2 Å². The van der Waals surface area contributed by atoms with Gasteiger partial charge in [0.25, 0.3) is 5.91 Å². The lowest BCUT2D eigenvalue weighted by Crippen LogP contribution is -2.30. The number of carbonyl (C=O) groups is 2. The Kier molecular flexibility index (Phi) is 5.93. The number of carbonyl (C=O) groups excluding carboxylic acids is 2. The number of benzene rings is 1. The molecule has 2 aromatic rings. The largest absolute Gasteiger partial charge is 0.497 e. The molecule has 1 amide bonds. The van der Waals surface area contributed by atoms with E-state index in [1.165, 1.54) is 30.4 Å². The van der Waals surface area contributed by atoms with Gasteiger partial charge in [-0.1, -0.05) is 12.1 Å². The molecule has 138 valence electrons. The maximum Gasteiger partial charge on any atom is 0.307 e. The molecule has 0 radical (unpaired) electrons. The molecular weight excluding hydrogens is 350 g/mol. The fourth-order valence-corrected chi connectivity index (χ4v) is 4.33. The Balaban J connectivity index is 1.78. The molecular formula is C20H23NO4S. The van der Waals surface area contributed by atoms with E-state index >= 15 is 0 Å². The van der Waals surface area contributed by atoms with Crippen LogP contribution in [0.3, 0.4) is 0 Å². The van der Waals surface area contributed by atoms with Gasteiger partial charge in [-0.15, -0.1) is 11.3 Å². The van der Waals surface area contributed by atoms with Crippen LogP contribution >= 0.6 is 11.3 Å². The summed E-state index contributed by atoms with van der Waals surface area (Å²) in [5.41, 5.74) is 2.13. The summed E-state index contributed by atoms with van der Waals surface area (Å²) in [7, 11) is 2.95. The Labute approximate surface area is 157 Å². The fraction of sp³-hybridized carbons (Fsp3) is 0.400. The van der Waals surface area contributed by atoms with Crippen molar-refractivity contribution < 1.29 is 19.1 Å². The SMILES string of the molecule is COC(=O)CC(NC(=O)c1cc2c(s1)CCCC2)c1ccc(OC)cc1. The average Bonchev–Trinajstić information content (AvgIpc) is 3.11. The van der Waals surface area contributed by atoms with Crippen LogP contribution in [-0.2, 0) is 22.4 Å². The van der Waals surface area contributed by atoms with E-state index in [-0.39, 0.29) is 18.3 Å². The van der Waals surface area contributed by atoms with Crippen molar-refractivity contribution in [1.29, 1.82) is 0 Å². The normalized spacial score (nSPS) is 14.2. The van der Waals surface area contributed by atoms with Crippen molar-refractivity contribution in [2.24, 2.45) is 0 Å². The van der Waals surface area contributed by atoms with Gasteiger partial charge in [0.1, 0.15) is 5.75 Å². The van der Waals surface area contributed by atoms with E-state index in [0.29, 0.717) is 4.88 Å². The van der Waals surface area contributed by atoms with Gasteiger partial charge in [0, 0.05) is 4.88 Å². The minimum atomic E-state index is -0.444. The number of fused-ring (bicyclic) bond motifs is 1. The number of hydrogen-bond donors (Lipinski definition) is 1. The van der Waals surface area contributed by atoms with Crippen LogP contribution in [0.2, 0.25) is 0 Å². The van der Waals surface area contributed by atoms with Gasteiger partial charge in [-0.2, -0.15) is 0 Å². The number of methoxy groups -OCH3 is 2. The summed E-state index contributed by atoms with van der Waals surface area (Å²) in [6, 6.07) is 8.89. The molecule has 1 aliphatic carbocycles. The molecule has 26 heavy (non-hydrogen) atoms. The summed E-state index contributed by atoms with van der Waals surface area (Å²) in [5.74, 6) is 0.216. The van der Waals surface area contributed by atoms with Gasteiger partial charge in [-0.25, -0.2) is 0 Å². The number of amides is 1. The van der Waals surface area contributed by atoms with Crippen LogP contribution in [0.1, 0.15) is 51.0 Å². The van der Waals surface area contributed by atoms with Crippen molar-refractivity contribution in [3.8, 4) is 5.75 Å². The summed E-state index contributed by atoms with van der Waals surface area (Å²) in [6.07, 6.45) is 4.55. The van der Waals surface area contributed by atoms with E-state index in [2.05, 4.69) is 5.32 Å². The maximum absolute atomic E-state index is 12.8. The molecule has 0 saturated heterocycles. The summed E-state index contributed by atoms with van der Waals surface area (Å²) >= 11 is 1.56. The molecule has 1 aromatic carbocycles. The average molecular weight is 373 g/mol. The zero-order valence-electron chi connectivity index (χ0n) is 15.0. The second-order valence-electron chi connectivity index (χ2n) is 6.35. The van der Waals surface area contributed by atoms with Gasteiger partial charge in [0.2, 0.25) is 0 Å². The van der Waals surface area contributed by atoms with E-state index in [1.807, 2.05) is 30.3 Å². The predicted octanol–water partition coefficient (Wildman–Crippen LogP) is 3.67. The van der Waals surface area contributed by atoms with Crippen LogP contribution in [0.15, 0.2) is 30.3 Å². The number of ether oxygens (including phenoxy) is 2. The molecule has 1 aromatic heterocycles. The van der Waals surface area contributed by atoms with Crippen molar-refractivity contribution in [3.63, 3.8) is 0 Å². The smallest absolute Gasteiger partial charge is 0.307 e. The molecule has 5 nitrogen and oxygen atoms in total. The van der Waals surface area contributed by atoms with Crippen LogP contribution in [0.4, 0.5) is 0 Å². The van der Waals surface area contributed by atoms with Gasteiger partial charge < -0.3 is 14.8 Å². The van der Waals surface area contributed by atoms with Crippen LogP contribution in [0.25, 0.3) is 0 Å².